The number of morpholine rings is 1. The zero-order chi connectivity index (χ0) is 12.4. The van der Waals surface area contributed by atoms with Crippen LogP contribution in [0.4, 0.5) is 0 Å². The minimum atomic E-state index is 0.0429. The molecule has 0 amide bonds. The Morgan fingerprint density at radius 1 is 1.56 bits per heavy atom. The molecule has 1 atom stereocenters. The maximum Gasteiger partial charge on any atom is 0.268 e. The number of hydrogen-bond acceptors (Lipinski definition) is 6. The Balaban J connectivity index is 1.84. The third kappa shape index (κ3) is 2.19. The first-order valence-corrected chi connectivity index (χ1v) is 6.98. The molecule has 1 N–H and O–H groups in total. The number of hydrogen-bond donors (Lipinski definition) is 1. The lowest BCUT2D eigenvalue weighted by atomic mass is 10.2. The van der Waals surface area contributed by atoms with Gasteiger partial charge < -0.3 is 14.6 Å². The van der Waals surface area contributed by atoms with E-state index in [9.17, 15) is 0 Å². The summed E-state index contributed by atoms with van der Waals surface area (Å²) in [5.74, 6) is 1.30. The lowest BCUT2D eigenvalue weighted by molar-refractivity contribution is 0.0734. The van der Waals surface area contributed by atoms with Crippen LogP contribution in [0.1, 0.15) is 24.4 Å². The van der Waals surface area contributed by atoms with Crippen molar-refractivity contribution < 1.29 is 9.26 Å². The van der Waals surface area contributed by atoms with Crippen LogP contribution in [0.15, 0.2) is 16.0 Å². The molecule has 1 fully saturated rings. The molecule has 0 bridgehead atoms. The fraction of sp³-hybridized carbons (Fsp3) is 0.500. The SMILES string of the molecule is CCc1ccsc1-c1nc(C2COCCN2)no1. The predicted octanol–water partition coefficient (Wildman–Crippen LogP) is 2.02. The summed E-state index contributed by atoms with van der Waals surface area (Å²) in [6.45, 7) is 4.29. The van der Waals surface area contributed by atoms with Crippen LogP contribution in [0.25, 0.3) is 10.8 Å². The zero-order valence-corrected chi connectivity index (χ0v) is 11.0. The van der Waals surface area contributed by atoms with Crippen LogP contribution < -0.4 is 5.32 Å². The van der Waals surface area contributed by atoms with Gasteiger partial charge in [0.15, 0.2) is 5.82 Å². The van der Waals surface area contributed by atoms with Crippen LogP contribution >= 0.6 is 11.3 Å². The van der Waals surface area contributed by atoms with Gasteiger partial charge in [-0.15, -0.1) is 11.3 Å². The highest BCUT2D eigenvalue weighted by molar-refractivity contribution is 7.13. The molecule has 2 aromatic rings. The van der Waals surface area contributed by atoms with E-state index >= 15 is 0 Å². The molecule has 0 spiro atoms. The molecule has 0 aliphatic carbocycles. The van der Waals surface area contributed by atoms with Crippen LogP contribution in [0.2, 0.25) is 0 Å². The molecule has 3 rings (SSSR count). The third-order valence-corrected chi connectivity index (χ3v) is 3.94. The second-order valence-corrected chi connectivity index (χ2v) is 5.08. The fourth-order valence-corrected chi connectivity index (χ4v) is 2.92. The van der Waals surface area contributed by atoms with E-state index in [1.54, 1.807) is 11.3 Å². The van der Waals surface area contributed by atoms with E-state index in [0.717, 1.165) is 24.4 Å². The molecule has 5 nitrogen and oxygen atoms in total. The minimum absolute atomic E-state index is 0.0429. The minimum Gasteiger partial charge on any atom is -0.378 e. The van der Waals surface area contributed by atoms with Crippen LogP contribution in [0, 0.1) is 0 Å². The molecule has 6 heteroatoms. The van der Waals surface area contributed by atoms with Gasteiger partial charge >= 0.3 is 0 Å². The van der Waals surface area contributed by atoms with Gasteiger partial charge in [-0.05, 0) is 23.4 Å². The van der Waals surface area contributed by atoms with Crippen molar-refractivity contribution in [3.8, 4) is 10.8 Å². The molecule has 2 aromatic heterocycles. The van der Waals surface area contributed by atoms with E-state index in [-0.39, 0.29) is 6.04 Å². The fourth-order valence-electron chi connectivity index (χ4n) is 2.00. The first kappa shape index (κ1) is 11.8. The highest BCUT2D eigenvalue weighted by Gasteiger charge is 2.22. The Hall–Kier alpha value is -1.24. The highest BCUT2D eigenvalue weighted by atomic mass is 32.1. The zero-order valence-electron chi connectivity index (χ0n) is 10.2. The van der Waals surface area contributed by atoms with Gasteiger partial charge in [0, 0.05) is 6.54 Å². The maximum atomic E-state index is 5.40. The Bertz CT molecular complexity index is 517. The van der Waals surface area contributed by atoms with Crippen LogP contribution in [0.3, 0.4) is 0 Å². The second-order valence-electron chi connectivity index (χ2n) is 4.17. The Morgan fingerprint density at radius 3 is 3.28 bits per heavy atom. The van der Waals surface area contributed by atoms with Crippen LogP contribution in [0.5, 0.6) is 0 Å². The van der Waals surface area contributed by atoms with Crippen molar-refractivity contribution in [2.75, 3.05) is 19.8 Å². The van der Waals surface area contributed by atoms with Crippen molar-refractivity contribution in [2.24, 2.45) is 0 Å². The van der Waals surface area contributed by atoms with Crippen molar-refractivity contribution in [1.82, 2.24) is 15.5 Å². The molecular formula is C12H15N3O2S. The molecule has 1 aliphatic heterocycles. The van der Waals surface area contributed by atoms with Gasteiger partial charge in [0.2, 0.25) is 0 Å². The van der Waals surface area contributed by atoms with E-state index in [4.69, 9.17) is 9.26 Å². The van der Waals surface area contributed by atoms with Gasteiger partial charge in [0.1, 0.15) is 0 Å². The standard InChI is InChI=1S/C12H15N3O2S/c1-2-8-3-6-18-10(8)12-14-11(15-17-12)9-7-16-5-4-13-9/h3,6,9,13H,2,4-5,7H2,1H3. The van der Waals surface area contributed by atoms with Crippen molar-refractivity contribution in [3.63, 3.8) is 0 Å². The number of ether oxygens (including phenoxy) is 1. The van der Waals surface area contributed by atoms with Crippen molar-refractivity contribution in [1.29, 1.82) is 0 Å². The summed E-state index contributed by atoms with van der Waals surface area (Å²) in [6, 6.07) is 2.15. The molecule has 0 aromatic carbocycles. The van der Waals surface area contributed by atoms with E-state index in [2.05, 4.69) is 33.8 Å². The van der Waals surface area contributed by atoms with Crippen LogP contribution in [-0.4, -0.2) is 29.9 Å². The average molecular weight is 265 g/mol. The average Bonchev–Trinajstić information content (AvgIpc) is 3.08. The maximum absolute atomic E-state index is 5.40. The second kappa shape index (κ2) is 5.17. The van der Waals surface area contributed by atoms with E-state index in [1.165, 1.54) is 5.56 Å². The van der Waals surface area contributed by atoms with Gasteiger partial charge in [-0.2, -0.15) is 4.98 Å². The summed E-state index contributed by atoms with van der Waals surface area (Å²) in [7, 11) is 0. The first-order chi connectivity index (χ1) is 8.88. The van der Waals surface area contributed by atoms with Gasteiger partial charge in [0.05, 0.1) is 24.1 Å². The summed E-state index contributed by atoms with van der Waals surface area (Å²) in [5.41, 5.74) is 1.25. The lowest BCUT2D eigenvalue weighted by Gasteiger charge is -2.20. The summed E-state index contributed by atoms with van der Waals surface area (Å²) < 4.78 is 10.8. The Labute approximate surface area is 109 Å². The smallest absolute Gasteiger partial charge is 0.268 e. The summed E-state index contributed by atoms with van der Waals surface area (Å²) >= 11 is 1.64. The lowest BCUT2D eigenvalue weighted by Crippen LogP contribution is -2.35. The van der Waals surface area contributed by atoms with Crippen LogP contribution in [-0.2, 0) is 11.2 Å². The van der Waals surface area contributed by atoms with Crippen molar-refractivity contribution in [2.45, 2.75) is 19.4 Å². The monoisotopic (exact) mass is 265 g/mol. The molecule has 0 radical (unpaired) electrons. The summed E-state index contributed by atoms with van der Waals surface area (Å²) in [4.78, 5) is 5.55. The number of aryl methyl sites for hydroxylation is 1. The number of aromatic nitrogens is 2. The van der Waals surface area contributed by atoms with Gasteiger partial charge in [-0.25, -0.2) is 0 Å². The first-order valence-electron chi connectivity index (χ1n) is 6.10. The molecule has 18 heavy (non-hydrogen) atoms. The molecule has 0 saturated carbocycles. The largest absolute Gasteiger partial charge is 0.378 e. The Kier molecular flexibility index (Phi) is 3.40. The summed E-state index contributed by atoms with van der Waals surface area (Å²) in [6.07, 6.45) is 0.974. The van der Waals surface area contributed by atoms with E-state index in [1.807, 2.05) is 0 Å². The number of nitrogens with one attached hydrogen (secondary N) is 1. The number of rotatable bonds is 3. The number of nitrogens with zero attached hydrogens (tertiary/aromatic N) is 2. The predicted molar refractivity (Wildman–Crippen MR) is 68.6 cm³/mol. The normalized spacial score (nSPS) is 20.2. The van der Waals surface area contributed by atoms with Crippen molar-refractivity contribution in [3.05, 3.63) is 22.8 Å². The molecule has 96 valence electrons. The number of thiophene rings is 1. The molecule has 1 aliphatic rings. The van der Waals surface area contributed by atoms with Gasteiger partial charge in [-0.3, -0.25) is 0 Å². The highest BCUT2D eigenvalue weighted by Crippen LogP contribution is 2.29. The Morgan fingerprint density at radius 2 is 2.50 bits per heavy atom. The summed E-state index contributed by atoms with van der Waals surface area (Å²) in [5, 5.41) is 9.42. The van der Waals surface area contributed by atoms with Gasteiger partial charge in [0.25, 0.3) is 5.89 Å². The topological polar surface area (TPSA) is 60.2 Å². The molecular weight excluding hydrogens is 250 g/mol. The molecule has 1 unspecified atom stereocenters. The third-order valence-electron chi connectivity index (χ3n) is 3.00. The van der Waals surface area contributed by atoms with Gasteiger partial charge in [-0.1, -0.05) is 12.1 Å². The van der Waals surface area contributed by atoms with Crippen molar-refractivity contribution >= 4 is 11.3 Å². The quantitative estimate of drug-likeness (QED) is 0.920. The molecule has 3 heterocycles. The van der Waals surface area contributed by atoms with E-state index < -0.39 is 0 Å². The molecule has 1 saturated heterocycles. The van der Waals surface area contributed by atoms with E-state index in [0.29, 0.717) is 18.3 Å².